The molecule has 0 unspecified atom stereocenters. The largest absolute Gasteiger partial charge is 0.395 e. The van der Waals surface area contributed by atoms with Gasteiger partial charge in [-0.05, 0) is 62.8 Å². The predicted octanol–water partition coefficient (Wildman–Crippen LogP) is 4.28. The zero-order chi connectivity index (χ0) is 17.0. The third-order valence-corrected chi connectivity index (χ3v) is 4.93. The summed E-state index contributed by atoms with van der Waals surface area (Å²) in [6.45, 7) is 9.96. The van der Waals surface area contributed by atoms with Crippen LogP contribution in [0.1, 0.15) is 52.5 Å². The number of hydrogen-bond acceptors (Lipinski definition) is 2. The summed E-state index contributed by atoms with van der Waals surface area (Å²) in [4.78, 5) is 2.44. The van der Waals surface area contributed by atoms with Crippen molar-refractivity contribution in [3.8, 4) is 0 Å². The Morgan fingerprint density at radius 3 is 2.57 bits per heavy atom. The maximum absolute atomic E-state index is 13.2. The summed E-state index contributed by atoms with van der Waals surface area (Å²) in [5.41, 5.74) is 2.41. The molecule has 2 rings (SSSR count). The Morgan fingerprint density at radius 1 is 1.35 bits per heavy atom. The van der Waals surface area contributed by atoms with E-state index in [-0.39, 0.29) is 23.9 Å². The number of halogens is 1. The Labute approximate surface area is 140 Å². The van der Waals surface area contributed by atoms with Gasteiger partial charge in [0.15, 0.2) is 0 Å². The normalized spacial score (nSPS) is 20.5. The zero-order valence-electron chi connectivity index (χ0n) is 14.8. The third kappa shape index (κ3) is 4.65. The van der Waals surface area contributed by atoms with Gasteiger partial charge in [-0.15, -0.1) is 0 Å². The van der Waals surface area contributed by atoms with Crippen molar-refractivity contribution in [2.45, 2.75) is 64.5 Å². The van der Waals surface area contributed by atoms with E-state index in [0.717, 1.165) is 31.4 Å². The second kappa shape index (κ2) is 7.59. The third-order valence-electron chi connectivity index (χ3n) is 4.93. The average molecular weight is 319 g/mol. The molecule has 0 bridgehead atoms. The van der Waals surface area contributed by atoms with E-state index in [9.17, 15) is 9.50 Å². The van der Waals surface area contributed by atoms with Crippen molar-refractivity contribution in [1.29, 1.82) is 0 Å². The van der Waals surface area contributed by atoms with E-state index in [1.165, 1.54) is 5.57 Å². The molecule has 1 fully saturated rings. The molecule has 0 spiro atoms. The highest BCUT2D eigenvalue weighted by Crippen LogP contribution is 2.33. The number of aliphatic hydroxyl groups excluding tert-OH is 1. The molecule has 2 atom stereocenters. The molecule has 0 aromatic heterocycles. The molecule has 1 heterocycles. The van der Waals surface area contributed by atoms with Gasteiger partial charge in [-0.25, -0.2) is 4.39 Å². The van der Waals surface area contributed by atoms with Crippen LogP contribution in [-0.2, 0) is 5.41 Å². The Hall–Kier alpha value is -1.19. The van der Waals surface area contributed by atoms with Crippen molar-refractivity contribution >= 4 is 0 Å². The van der Waals surface area contributed by atoms with E-state index < -0.39 is 0 Å². The molecule has 3 heteroatoms. The first kappa shape index (κ1) is 18.2. The number of allylic oxidation sites excluding steroid dienone is 1. The number of benzene rings is 1. The number of likely N-dealkylation sites (tertiary alicyclic amines) is 1. The summed E-state index contributed by atoms with van der Waals surface area (Å²) in [5, 5.41) is 9.66. The number of nitrogens with zero attached hydrogens (tertiary/aromatic N) is 1. The van der Waals surface area contributed by atoms with Gasteiger partial charge >= 0.3 is 0 Å². The molecular weight excluding hydrogens is 289 g/mol. The lowest BCUT2D eigenvalue weighted by Crippen LogP contribution is -2.43. The van der Waals surface area contributed by atoms with Gasteiger partial charge in [0.25, 0.3) is 0 Å². The van der Waals surface area contributed by atoms with Gasteiger partial charge in [0, 0.05) is 12.1 Å². The highest BCUT2D eigenvalue weighted by atomic mass is 19.1. The van der Waals surface area contributed by atoms with Gasteiger partial charge in [0.1, 0.15) is 5.82 Å². The van der Waals surface area contributed by atoms with E-state index in [1.807, 2.05) is 12.1 Å². The summed E-state index contributed by atoms with van der Waals surface area (Å²) in [6, 6.07) is 7.43. The molecule has 1 saturated heterocycles. The van der Waals surface area contributed by atoms with Crippen LogP contribution in [0.25, 0.3) is 0 Å². The van der Waals surface area contributed by atoms with Crippen LogP contribution in [0.5, 0.6) is 0 Å². The fourth-order valence-electron chi connectivity index (χ4n) is 3.69. The lowest BCUT2D eigenvalue weighted by Gasteiger charge is -2.37. The van der Waals surface area contributed by atoms with Gasteiger partial charge in [-0.2, -0.15) is 0 Å². The van der Waals surface area contributed by atoms with Crippen LogP contribution in [0.4, 0.5) is 4.39 Å². The molecule has 1 aliphatic rings. The molecule has 23 heavy (non-hydrogen) atoms. The van der Waals surface area contributed by atoms with Gasteiger partial charge in [-0.3, -0.25) is 4.90 Å². The molecule has 0 amide bonds. The number of hydrogen-bond donors (Lipinski definition) is 1. The SMILES string of the molecule is CC(C)=C[C@@H](CC(C)(C)c1ccc(F)cc1)N1CCC[C@@H]1CO. The van der Waals surface area contributed by atoms with Gasteiger partial charge < -0.3 is 5.11 Å². The average Bonchev–Trinajstić information content (AvgIpc) is 2.94. The molecule has 0 aliphatic carbocycles. The van der Waals surface area contributed by atoms with E-state index in [0.29, 0.717) is 6.04 Å². The minimum absolute atomic E-state index is 0.0487. The fraction of sp³-hybridized carbons (Fsp3) is 0.600. The first-order valence-corrected chi connectivity index (χ1v) is 8.61. The Kier molecular flexibility index (Phi) is 5.99. The summed E-state index contributed by atoms with van der Waals surface area (Å²) >= 11 is 0. The monoisotopic (exact) mass is 319 g/mol. The number of aliphatic hydroxyl groups is 1. The van der Waals surface area contributed by atoms with Crippen molar-refractivity contribution in [2.24, 2.45) is 0 Å². The Morgan fingerprint density at radius 2 is 2.00 bits per heavy atom. The molecule has 2 nitrogen and oxygen atoms in total. The Bertz CT molecular complexity index is 531. The standard InChI is InChI=1S/C20H30FNO/c1-15(2)12-19(22-11-5-6-18(22)14-23)13-20(3,4)16-7-9-17(21)10-8-16/h7-10,12,18-19,23H,5-6,11,13-14H2,1-4H3/t18-,19+/m1/s1. The van der Waals surface area contributed by atoms with Crippen LogP contribution in [0, 0.1) is 5.82 Å². The van der Waals surface area contributed by atoms with Gasteiger partial charge in [0.05, 0.1) is 6.61 Å². The highest BCUT2D eigenvalue weighted by molar-refractivity contribution is 5.25. The fourth-order valence-corrected chi connectivity index (χ4v) is 3.69. The summed E-state index contributed by atoms with van der Waals surface area (Å²) in [7, 11) is 0. The molecule has 128 valence electrons. The first-order valence-electron chi connectivity index (χ1n) is 8.61. The first-order chi connectivity index (χ1) is 10.8. The van der Waals surface area contributed by atoms with E-state index in [1.54, 1.807) is 12.1 Å². The lowest BCUT2D eigenvalue weighted by molar-refractivity contribution is 0.123. The molecule has 1 aromatic rings. The van der Waals surface area contributed by atoms with Crippen LogP contribution in [0.15, 0.2) is 35.9 Å². The van der Waals surface area contributed by atoms with Crippen molar-refractivity contribution in [2.75, 3.05) is 13.2 Å². The van der Waals surface area contributed by atoms with Crippen LogP contribution >= 0.6 is 0 Å². The Balaban J connectivity index is 2.22. The van der Waals surface area contributed by atoms with E-state index >= 15 is 0 Å². The van der Waals surface area contributed by atoms with Gasteiger partial charge in [-0.1, -0.05) is 37.6 Å². The molecule has 0 radical (unpaired) electrons. The summed E-state index contributed by atoms with van der Waals surface area (Å²) in [5.74, 6) is -0.190. The molecule has 1 aromatic carbocycles. The minimum Gasteiger partial charge on any atom is -0.395 e. The van der Waals surface area contributed by atoms with Crippen LogP contribution in [-0.4, -0.2) is 35.2 Å². The molecule has 1 N–H and O–H groups in total. The summed E-state index contributed by atoms with van der Waals surface area (Å²) in [6.07, 6.45) is 5.50. The van der Waals surface area contributed by atoms with Crippen LogP contribution in [0.3, 0.4) is 0 Å². The van der Waals surface area contributed by atoms with Gasteiger partial charge in [0.2, 0.25) is 0 Å². The maximum atomic E-state index is 13.2. The zero-order valence-corrected chi connectivity index (χ0v) is 14.8. The van der Waals surface area contributed by atoms with E-state index in [4.69, 9.17) is 0 Å². The molecule has 1 aliphatic heterocycles. The summed E-state index contributed by atoms with van der Waals surface area (Å²) < 4.78 is 13.2. The molecule has 0 saturated carbocycles. The van der Waals surface area contributed by atoms with Crippen molar-refractivity contribution in [3.05, 3.63) is 47.3 Å². The molecular formula is C20H30FNO. The van der Waals surface area contributed by atoms with E-state index in [2.05, 4.69) is 38.7 Å². The number of rotatable bonds is 6. The van der Waals surface area contributed by atoms with Crippen molar-refractivity contribution in [3.63, 3.8) is 0 Å². The predicted molar refractivity (Wildman–Crippen MR) is 94.1 cm³/mol. The van der Waals surface area contributed by atoms with Crippen molar-refractivity contribution < 1.29 is 9.50 Å². The highest BCUT2D eigenvalue weighted by Gasteiger charge is 2.33. The van der Waals surface area contributed by atoms with Crippen LogP contribution < -0.4 is 0 Å². The topological polar surface area (TPSA) is 23.5 Å². The minimum atomic E-state index is -0.190. The van der Waals surface area contributed by atoms with Crippen LogP contribution in [0.2, 0.25) is 0 Å². The lowest BCUT2D eigenvalue weighted by atomic mass is 9.78. The second-order valence-electron chi connectivity index (χ2n) is 7.62. The second-order valence-corrected chi connectivity index (χ2v) is 7.62. The van der Waals surface area contributed by atoms with Crippen molar-refractivity contribution in [1.82, 2.24) is 4.90 Å². The quantitative estimate of drug-likeness (QED) is 0.791. The maximum Gasteiger partial charge on any atom is 0.123 e. The smallest absolute Gasteiger partial charge is 0.123 e.